The Morgan fingerprint density at radius 3 is 0.590 bits per heavy atom. The van der Waals surface area contributed by atoms with Gasteiger partial charge in [-0.1, -0.05) is 444 Å². The van der Waals surface area contributed by atoms with Crippen molar-refractivity contribution in [2.75, 3.05) is 0 Å². The van der Waals surface area contributed by atoms with Crippen LogP contribution < -0.4 is 0 Å². The molecule has 0 aromatic carbocycles. The highest BCUT2D eigenvalue weighted by Gasteiger charge is 2.36. The van der Waals surface area contributed by atoms with Crippen LogP contribution in [0.5, 0.6) is 0 Å². The van der Waals surface area contributed by atoms with Gasteiger partial charge in [-0.3, -0.25) is 4.79 Å². The molecule has 83 heavy (non-hydrogen) atoms. The van der Waals surface area contributed by atoms with Gasteiger partial charge in [-0.25, -0.2) is 0 Å². The van der Waals surface area contributed by atoms with E-state index in [4.69, 9.17) is 0 Å². The zero-order chi connectivity index (χ0) is 59.2. The maximum absolute atomic E-state index is 12.0. The van der Waals surface area contributed by atoms with Crippen molar-refractivity contribution in [1.29, 1.82) is 0 Å². The van der Waals surface area contributed by atoms with Gasteiger partial charge < -0.3 is 10.2 Å². The van der Waals surface area contributed by atoms with E-state index in [0.29, 0.717) is 12.8 Å². The zero-order valence-electron chi connectivity index (χ0n) is 57.5. The maximum Gasteiger partial charge on any atom is 0.309 e. The van der Waals surface area contributed by atoms with Crippen LogP contribution in [-0.4, -0.2) is 22.3 Å². The summed E-state index contributed by atoms with van der Waals surface area (Å²) >= 11 is 0. The normalized spacial score (nSPS) is 17.4. The lowest BCUT2D eigenvalue weighted by Gasteiger charge is -2.19. The molecule has 0 aliphatic heterocycles. The van der Waals surface area contributed by atoms with Crippen molar-refractivity contribution in [2.45, 2.75) is 476 Å². The van der Waals surface area contributed by atoms with Crippen molar-refractivity contribution >= 4 is 5.97 Å². The van der Waals surface area contributed by atoms with Crippen molar-refractivity contribution in [3.8, 4) is 0 Å². The van der Waals surface area contributed by atoms with Crippen LogP contribution in [0, 0.1) is 29.6 Å². The van der Waals surface area contributed by atoms with Crippen LogP contribution >= 0.6 is 0 Å². The molecule has 2 aliphatic rings. The predicted molar refractivity (Wildman–Crippen MR) is 370 cm³/mol. The van der Waals surface area contributed by atoms with Crippen LogP contribution in [0.15, 0.2) is 0 Å². The summed E-state index contributed by atoms with van der Waals surface area (Å²) in [4.78, 5) is 12.0. The minimum absolute atomic E-state index is 0.581. The number of unbranched alkanes of at least 4 members (excludes halogenated alkanes) is 59. The third-order valence-electron chi connectivity index (χ3n) is 21.2. The molecule has 0 aromatic rings. The summed E-state index contributed by atoms with van der Waals surface area (Å²) in [5, 5.41) is 20.6. The fourth-order valence-corrected chi connectivity index (χ4v) is 14.9. The number of carboxylic acids is 1. The highest BCUT2D eigenvalue weighted by atomic mass is 16.4. The summed E-state index contributed by atoms with van der Waals surface area (Å²) < 4.78 is 0. The molecule has 2 rings (SSSR count). The van der Waals surface area contributed by atoms with Crippen molar-refractivity contribution in [3.05, 3.63) is 0 Å². The predicted octanol–water partition coefficient (Wildman–Crippen LogP) is 28.3. The fourth-order valence-electron chi connectivity index (χ4n) is 14.9. The van der Waals surface area contributed by atoms with Gasteiger partial charge in [0.1, 0.15) is 0 Å². The van der Waals surface area contributed by atoms with Crippen LogP contribution in [0.25, 0.3) is 0 Å². The lowest BCUT2D eigenvalue weighted by molar-refractivity contribution is -0.146. The fraction of sp³-hybridized carbons (Fsp3) is 0.988. The lowest BCUT2D eigenvalue weighted by Crippen LogP contribution is -2.28. The first-order valence-corrected chi connectivity index (χ1v) is 40.0. The van der Waals surface area contributed by atoms with E-state index in [-0.39, 0.29) is 0 Å². The Kier molecular flexibility index (Phi) is 59.6. The average molecular weight is 1170 g/mol. The summed E-state index contributed by atoms with van der Waals surface area (Å²) in [6.07, 6.45) is 99.0. The quantitative estimate of drug-likeness (QED) is 0.0597. The van der Waals surface area contributed by atoms with Crippen molar-refractivity contribution in [1.82, 2.24) is 0 Å². The molecular formula is C80H156O3. The van der Waals surface area contributed by atoms with Gasteiger partial charge >= 0.3 is 5.97 Å². The minimum Gasteiger partial charge on any atom is -0.481 e. The standard InChI is InChI=1S/C80H156O3/c1-3-5-7-9-11-13-15-17-19-21-22-23-24-25-28-32-36-40-44-52-58-64-70-78(80(82)83)79(81)71-65-59-53-45-41-37-33-29-26-27-31-35-39-43-49-55-61-67-75-73-77(75)69-63-57-51-47-46-50-56-62-68-76-72-74(76)66-60-54-48-42-38-34-30-20-18-16-14-12-10-8-6-4-2/h74-79,81H,3-73H2,1-2H3,(H,82,83). The summed E-state index contributed by atoms with van der Waals surface area (Å²) in [7, 11) is 0. The molecular weight excluding hydrogens is 1010 g/mol. The van der Waals surface area contributed by atoms with Gasteiger partial charge in [0, 0.05) is 0 Å². The summed E-state index contributed by atoms with van der Waals surface area (Å²) in [6.45, 7) is 4.61. The average Bonchev–Trinajstić information content (AvgIpc) is 4.57. The van der Waals surface area contributed by atoms with E-state index in [9.17, 15) is 15.0 Å². The summed E-state index contributed by atoms with van der Waals surface area (Å²) in [5.41, 5.74) is 0. The molecule has 2 saturated carbocycles. The van der Waals surface area contributed by atoms with Gasteiger partial charge in [-0.05, 0) is 49.4 Å². The largest absolute Gasteiger partial charge is 0.481 e. The van der Waals surface area contributed by atoms with Crippen LogP contribution in [-0.2, 0) is 4.79 Å². The molecule has 0 radical (unpaired) electrons. The van der Waals surface area contributed by atoms with E-state index in [1.54, 1.807) is 25.7 Å². The van der Waals surface area contributed by atoms with Gasteiger partial charge in [-0.15, -0.1) is 0 Å². The van der Waals surface area contributed by atoms with Crippen LogP contribution in [0.3, 0.4) is 0 Å². The molecule has 3 heteroatoms. The van der Waals surface area contributed by atoms with E-state index in [1.807, 2.05) is 0 Å². The van der Waals surface area contributed by atoms with Crippen LogP contribution in [0.1, 0.15) is 470 Å². The Hall–Kier alpha value is -0.570. The molecule has 6 atom stereocenters. The molecule has 494 valence electrons. The molecule has 0 spiro atoms. The number of hydrogen-bond donors (Lipinski definition) is 2. The highest BCUT2D eigenvalue weighted by molar-refractivity contribution is 5.70. The van der Waals surface area contributed by atoms with E-state index in [2.05, 4.69) is 13.8 Å². The number of aliphatic carboxylic acids is 1. The molecule has 2 fully saturated rings. The SMILES string of the molecule is CCCCCCCCCCCCCCCCCCCCCCCCC(C(=O)O)C(O)CCCCCCCCCCCCCCCCCCCC1CC1CCCCCCCCCCC1CC1CCCCCCCCCCCCCCCCCC. The first-order chi connectivity index (χ1) is 41.1. The van der Waals surface area contributed by atoms with E-state index in [0.717, 1.165) is 49.4 Å². The number of rotatable bonds is 73. The molecule has 6 unspecified atom stereocenters. The summed E-state index contributed by atoms with van der Waals surface area (Å²) in [6, 6.07) is 0. The van der Waals surface area contributed by atoms with Crippen LogP contribution in [0.4, 0.5) is 0 Å². The third-order valence-corrected chi connectivity index (χ3v) is 21.2. The Morgan fingerprint density at radius 1 is 0.253 bits per heavy atom. The van der Waals surface area contributed by atoms with E-state index < -0.39 is 18.0 Å². The molecule has 2 aliphatic carbocycles. The first-order valence-electron chi connectivity index (χ1n) is 40.0. The second-order valence-electron chi connectivity index (χ2n) is 29.3. The molecule has 0 heterocycles. The van der Waals surface area contributed by atoms with Crippen molar-refractivity contribution in [3.63, 3.8) is 0 Å². The van der Waals surface area contributed by atoms with Gasteiger partial charge in [0.15, 0.2) is 0 Å². The Bertz CT molecular complexity index is 1260. The number of hydrogen-bond acceptors (Lipinski definition) is 2. The molecule has 0 saturated heterocycles. The minimum atomic E-state index is -0.796. The zero-order valence-corrected chi connectivity index (χ0v) is 57.5. The maximum atomic E-state index is 12.0. The lowest BCUT2D eigenvalue weighted by atomic mass is 9.91. The second-order valence-corrected chi connectivity index (χ2v) is 29.3. The first kappa shape index (κ1) is 78.5. The smallest absolute Gasteiger partial charge is 0.309 e. The van der Waals surface area contributed by atoms with E-state index in [1.165, 1.54) is 392 Å². The topological polar surface area (TPSA) is 57.5 Å². The molecule has 0 bridgehead atoms. The van der Waals surface area contributed by atoms with Gasteiger partial charge in [0.2, 0.25) is 0 Å². The molecule has 0 aromatic heterocycles. The number of carboxylic acid groups (broad SMARTS) is 1. The van der Waals surface area contributed by atoms with Gasteiger partial charge in [0.25, 0.3) is 0 Å². The molecule has 2 N–H and O–H groups in total. The Balaban J connectivity index is 1.19. The monoisotopic (exact) mass is 1170 g/mol. The summed E-state index contributed by atoms with van der Waals surface area (Å²) in [5.74, 6) is 3.06. The second kappa shape index (κ2) is 63.0. The third kappa shape index (κ3) is 55.2. The number of carbonyl (C=O) groups is 1. The highest BCUT2D eigenvalue weighted by Crippen LogP contribution is 2.47. The van der Waals surface area contributed by atoms with Gasteiger partial charge in [-0.2, -0.15) is 0 Å². The van der Waals surface area contributed by atoms with Crippen molar-refractivity contribution in [2.24, 2.45) is 29.6 Å². The number of aliphatic hydroxyl groups excluding tert-OH is 1. The molecule has 3 nitrogen and oxygen atoms in total. The number of aliphatic hydroxyl groups is 1. The molecule has 0 amide bonds. The Morgan fingerprint density at radius 2 is 0.410 bits per heavy atom. The van der Waals surface area contributed by atoms with E-state index >= 15 is 0 Å². The van der Waals surface area contributed by atoms with Crippen LogP contribution in [0.2, 0.25) is 0 Å². The van der Waals surface area contributed by atoms with Gasteiger partial charge in [0.05, 0.1) is 12.0 Å². The van der Waals surface area contributed by atoms with Crippen molar-refractivity contribution < 1.29 is 15.0 Å². The Labute approximate surface area is 523 Å².